The van der Waals surface area contributed by atoms with Crippen molar-refractivity contribution in [3.05, 3.63) is 29.8 Å². The van der Waals surface area contributed by atoms with Gasteiger partial charge in [-0.1, -0.05) is 12.1 Å². The minimum absolute atomic E-state index is 0.111. The van der Waals surface area contributed by atoms with Crippen LogP contribution in [-0.4, -0.2) is 60.3 Å². The SMILES string of the molecule is CN(C)CCNC(=O)NC(Cc1ccc(O)cc1)C(=O)O. The molecule has 0 fully saturated rings. The smallest absolute Gasteiger partial charge is 0.326 e. The molecule has 0 radical (unpaired) electrons. The summed E-state index contributed by atoms with van der Waals surface area (Å²) in [6.45, 7) is 1.10. The molecule has 7 heteroatoms. The molecule has 7 nitrogen and oxygen atoms in total. The monoisotopic (exact) mass is 295 g/mol. The lowest BCUT2D eigenvalue weighted by molar-refractivity contribution is -0.139. The number of aliphatic carboxylic acids is 1. The Hall–Kier alpha value is -2.28. The molecule has 1 unspecified atom stereocenters. The third kappa shape index (κ3) is 6.62. The van der Waals surface area contributed by atoms with Gasteiger partial charge in [-0.05, 0) is 31.8 Å². The van der Waals surface area contributed by atoms with Crippen LogP contribution in [0.3, 0.4) is 0 Å². The van der Waals surface area contributed by atoms with Gasteiger partial charge in [-0.3, -0.25) is 0 Å². The van der Waals surface area contributed by atoms with E-state index >= 15 is 0 Å². The number of hydrogen-bond acceptors (Lipinski definition) is 4. The number of carbonyl (C=O) groups is 2. The largest absolute Gasteiger partial charge is 0.508 e. The number of hydrogen-bond donors (Lipinski definition) is 4. The zero-order valence-electron chi connectivity index (χ0n) is 12.2. The number of urea groups is 1. The quantitative estimate of drug-likeness (QED) is 0.577. The fourth-order valence-electron chi connectivity index (χ4n) is 1.67. The molecule has 0 bridgehead atoms. The first-order valence-electron chi connectivity index (χ1n) is 6.58. The van der Waals surface area contributed by atoms with Gasteiger partial charge in [0.2, 0.25) is 0 Å². The summed E-state index contributed by atoms with van der Waals surface area (Å²) >= 11 is 0. The van der Waals surface area contributed by atoms with Crippen LogP contribution in [0, 0.1) is 0 Å². The maximum Gasteiger partial charge on any atom is 0.326 e. The second kappa shape index (κ2) is 8.11. The number of rotatable bonds is 7. The van der Waals surface area contributed by atoms with E-state index in [0.717, 1.165) is 0 Å². The first-order chi connectivity index (χ1) is 9.88. The maximum atomic E-state index is 11.6. The third-order valence-electron chi connectivity index (χ3n) is 2.82. The molecule has 1 aromatic rings. The van der Waals surface area contributed by atoms with E-state index in [1.165, 1.54) is 12.1 Å². The van der Waals surface area contributed by atoms with Crippen molar-refractivity contribution < 1.29 is 19.8 Å². The van der Waals surface area contributed by atoms with E-state index < -0.39 is 18.0 Å². The molecule has 116 valence electrons. The highest BCUT2D eigenvalue weighted by Crippen LogP contribution is 2.11. The minimum atomic E-state index is -1.11. The predicted octanol–water partition coefficient (Wildman–Crippen LogP) is 0.249. The van der Waals surface area contributed by atoms with Crippen LogP contribution in [0.25, 0.3) is 0 Å². The average Bonchev–Trinajstić information content (AvgIpc) is 2.40. The molecule has 1 aromatic carbocycles. The number of benzene rings is 1. The van der Waals surface area contributed by atoms with Crippen molar-refractivity contribution in [3.8, 4) is 5.75 Å². The molecule has 0 spiro atoms. The van der Waals surface area contributed by atoms with Gasteiger partial charge in [-0.25, -0.2) is 9.59 Å². The number of nitrogens with zero attached hydrogens (tertiary/aromatic N) is 1. The summed E-state index contributed by atoms with van der Waals surface area (Å²) in [5.74, 6) is -0.995. The molecule has 0 saturated heterocycles. The Bertz CT molecular complexity index is 474. The number of carboxylic acid groups (broad SMARTS) is 1. The van der Waals surface area contributed by atoms with Crippen LogP contribution in [-0.2, 0) is 11.2 Å². The van der Waals surface area contributed by atoms with Crippen LogP contribution in [0.1, 0.15) is 5.56 Å². The highest BCUT2D eigenvalue weighted by Gasteiger charge is 2.20. The molecule has 0 aliphatic heterocycles. The zero-order chi connectivity index (χ0) is 15.8. The second-order valence-corrected chi connectivity index (χ2v) is 4.96. The van der Waals surface area contributed by atoms with E-state index in [4.69, 9.17) is 5.11 Å². The van der Waals surface area contributed by atoms with Gasteiger partial charge in [0.25, 0.3) is 0 Å². The van der Waals surface area contributed by atoms with Gasteiger partial charge < -0.3 is 25.7 Å². The number of amides is 2. The lowest BCUT2D eigenvalue weighted by Crippen LogP contribution is -2.48. The van der Waals surface area contributed by atoms with Crippen LogP contribution in [0.15, 0.2) is 24.3 Å². The average molecular weight is 295 g/mol. The highest BCUT2D eigenvalue weighted by atomic mass is 16.4. The molecular weight excluding hydrogens is 274 g/mol. The van der Waals surface area contributed by atoms with Gasteiger partial charge in [-0.15, -0.1) is 0 Å². The van der Waals surface area contributed by atoms with Gasteiger partial charge in [0.1, 0.15) is 11.8 Å². The number of nitrogens with one attached hydrogen (secondary N) is 2. The predicted molar refractivity (Wildman–Crippen MR) is 78.3 cm³/mol. The van der Waals surface area contributed by atoms with Gasteiger partial charge in [-0.2, -0.15) is 0 Å². The van der Waals surface area contributed by atoms with Crippen molar-refractivity contribution in [1.29, 1.82) is 0 Å². The van der Waals surface area contributed by atoms with Crippen molar-refractivity contribution in [2.24, 2.45) is 0 Å². The number of phenols is 1. The Morgan fingerprint density at radius 3 is 2.38 bits per heavy atom. The minimum Gasteiger partial charge on any atom is -0.508 e. The standard InChI is InChI=1S/C14H21N3O4/c1-17(2)8-7-15-14(21)16-12(13(19)20)9-10-3-5-11(18)6-4-10/h3-6,12,18H,7-9H2,1-2H3,(H,19,20)(H2,15,16,21). The van der Waals surface area contributed by atoms with Crippen LogP contribution < -0.4 is 10.6 Å². The molecule has 1 rings (SSSR count). The topological polar surface area (TPSA) is 102 Å². The molecule has 4 N–H and O–H groups in total. The summed E-state index contributed by atoms with van der Waals surface area (Å²) in [5.41, 5.74) is 0.716. The van der Waals surface area contributed by atoms with Crippen molar-refractivity contribution in [2.45, 2.75) is 12.5 Å². The van der Waals surface area contributed by atoms with Gasteiger partial charge >= 0.3 is 12.0 Å². The fourth-order valence-corrected chi connectivity index (χ4v) is 1.67. The Balaban J connectivity index is 2.51. The van der Waals surface area contributed by atoms with Crippen molar-refractivity contribution >= 4 is 12.0 Å². The Labute approximate surface area is 123 Å². The summed E-state index contributed by atoms with van der Waals surface area (Å²) in [7, 11) is 3.76. The first-order valence-corrected chi connectivity index (χ1v) is 6.58. The molecule has 0 saturated carbocycles. The lowest BCUT2D eigenvalue weighted by atomic mass is 10.1. The van der Waals surface area contributed by atoms with E-state index in [2.05, 4.69) is 10.6 Å². The number of aromatic hydroxyl groups is 1. The summed E-state index contributed by atoms with van der Waals surface area (Å²) in [4.78, 5) is 24.7. The van der Waals surface area contributed by atoms with Crippen molar-refractivity contribution in [1.82, 2.24) is 15.5 Å². The molecular formula is C14H21N3O4. The molecule has 2 amide bonds. The lowest BCUT2D eigenvalue weighted by Gasteiger charge is -2.16. The summed E-state index contributed by atoms with van der Waals surface area (Å²) in [6.07, 6.45) is 0.150. The number of carbonyl (C=O) groups excluding carboxylic acids is 1. The van der Waals surface area contributed by atoms with E-state index in [0.29, 0.717) is 18.7 Å². The summed E-state index contributed by atoms with van der Waals surface area (Å²) in [5, 5.41) is 23.4. The first kappa shape index (κ1) is 16.8. The Morgan fingerprint density at radius 1 is 1.24 bits per heavy atom. The van der Waals surface area contributed by atoms with Crippen LogP contribution >= 0.6 is 0 Å². The van der Waals surface area contributed by atoms with E-state index in [9.17, 15) is 14.7 Å². The van der Waals surface area contributed by atoms with Crippen LogP contribution in [0.2, 0.25) is 0 Å². The van der Waals surface area contributed by atoms with Crippen molar-refractivity contribution in [2.75, 3.05) is 27.2 Å². The van der Waals surface area contributed by atoms with Crippen molar-refractivity contribution in [3.63, 3.8) is 0 Å². The fraction of sp³-hybridized carbons (Fsp3) is 0.429. The van der Waals surface area contributed by atoms with E-state index in [1.54, 1.807) is 12.1 Å². The van der Waals surface area contributed by atoms with E-state index in [1.807, 2.05) is 19.0 Å². The van der Waals surface area contributed by atoms with Crippen LogP contribution in [0.5, 0.6) is 5.75 Å². The molecule has 0 aliphatic rings. The third-order valence-corrected chi connectivity index (χ3v) is 2.82. The number of phenolic OH excluding ortho intramolecular Hbond substituents is 1. The summed E-state index contributed by atoms with van der Waals surface area (Å²) in [6, 6.07) is 4.67. The number of carboxylic acids is 1. The van der Waals surface area contributed by atoms with Crippen LogP contribution in [0.4, 0.5) is 4.79 Å². The molecule has 1 atom stereocenters. The van der Waals surface area contributed by atoms with Gasteiger partial charge in [0.15, 0.2) is 0 Å². The second-order valence-electron chi connectivity index (χ2n) is 4.96. The normalized spacial score (nSPS) is 12.0. The number of likely N-dealkylation sites (N-methyl/N-ethyl adjacent to an activating group) is 1. The Morgan fingerprint density at radius 2 is 1.86 bits per heavy atom. The zero-order valence-corrected chi connectivity index (χ0v) is 12.2. The molecule has 0 heterocycles. The van der Waals surface area contributed by atoms with Gasteiger partial charge in [0, 0.05) is 19.5 Å². The molecule has 0 aromatic heterocycles. The molecule has 21 heavy (non-hydrogen) atoms. The summed E-state index contributed by atoms with van der Waals surface area (Å²) < 4.78 is 0. The van der Waals surface area contributed by atoms with E-state index in [-0.39, 0.29) is 12.2 Å². The highest BCUT2D eigenvalue weighted by molar-refractivity contribution is 5.82. The van der Waals surface area contributed by atoms with Gasteiger partial charge in [0.05, 0.1) is 0 Å². The maximum absolute atomic E-state index is 11.6. The molecule has 0 aliphatic carbocycles. The Kier molecular flexibility index (Phi) is 6.48.